The highest BCUT2D eigenvalue weighted by Crippen LogP contribution is 2.20. The molecule has 0 radical (unpaired) electrons. The Morgan fingerprint density at radius 2 is 2.19 bits per heavy atom. The fraction of sp³-hybridized carbons (Fsp3) is 0.417. The number of nitrogen functional groups attached to an aromatic ring is 1. The summed E-state index contributed by atoms with van der Waals surface area (Å²) < 4.78 is 0. The van der Waals surface area contributed by atoms with Gasteiger partial charge in [0.2, 0.25) is 0 Å². The van der Waals surface area contributed by atoms with Gasteiger partial charge in [0.1, 0.15) is 0 Å². The second kappa shape index (κ2) is 5.39. The Labute approximate surface area is 95.5 Å². The lowest BCUT2D eigenvalue weighted by Gasteiger charge is -2.11. The number of anilines is 2. The van der Waals surface area contributed by atoms with Crippen LogP contribution in [0.1, 0.15) is 30.6 Å². The molecule has 0 aliphatic rings. The largest absolute Gasteiger partial charge is 0.478 e. The lowest BCUT2D eigenvalue weighted by molar-refractivity contribution is 0.0697. The normalized spacial score (nSPS) is 10.4. The SMILES string of the molecule is CC(C)CCNc1cc(C(=O)O)ccc1N. The molecule has 1 aromatic rings. The number of carbonyl (C=O) groups is 1. The minimum atomic E-state index is -0.938. The molecule has 0 saturated carbocycles. The summed E-state index contributed by atoms with van der Waals surface area (Å²) in [6.07, 6.45) is 1.02. The van der Waals surface area contributed by atoms with E-state index in [1.54, 1.807) is 12.1 Å². The number of nitrogens with two attached hydrogens (primary N) is 1. The van der Waals surface area contributed by atoms with Crippen molar-refractivity contribution in [1.82, 2.24) is 0 Å². The van der Waals surface area contributed by atoms with Crippen LogP contribution in [0.5, 0.6) is 0 Å². The third-order valence-electron chi connectivity index (χ3n) is 2.34. The summed E-state index contributed by atoms with van der Waals surface area (Å²) in [4.78, 5) is 10.8. The molecule has 1 rings (SSSR count). The van der Waals surface area contributed by atoms with Gasteiger partial charge in [0.15, 0.2) is 0 Å². The smallest absolute Gasteiger partial charge is 0.335 e. The van der Waals surface area contributed by atoms with Crippen molar-refractivity contribution in [3.05, 3.63) is 23.8 Å². The number of hydrogen-bond acceptors (Lipinski definition) is 3. The maximum atomic E-state index is 10.8. The number of carboxylic acid groups (broad SMARTS) is 1. The van der Waals surface area contributed by atoms with Crippen molar-refractivity contribution in [3.63, 3.8) is 0 Å². The first kappa shape index (κ1) is 12.4. The van der Waals surface area contributed by atoms with Gasteiger partial charge in [-0.15, -0.1) is 0 Å². The first-order valence-corrected chi connectivity index (χ1v) is 5.37. The maximum absolute atomic E-state index is 10.8. The third-order valence-corrected chi connectivity index (χ3v) is 2.34. The first-order chi connectivity index (χ1) is 7.50. The van der Waals surface area contributed by atoms with Crippen LogP contribution in [0.2, 0.25) is 0 Å². The molecule has 4 N–H and O–H groups in total. The van der Waals surface area contributed by atoms with Gasteiger partial charge >= 0.3 is 5.97 Å². The number of aromatic carboxylic acids is 1. The van der Waals surface area contributed by atoms with E-state index in [-0.39, 0.29) is 5.56 Å². The molecular weight excluding hydrogens is 204 g/mol. The summed E-state index contributed by atoms with van der Waals surface area (Å²) in [5.41, 5.74) is 7.27. The molecular formula is C12H18N2O2. The van der Waals surface area contributed by atoms with E-state index in [2.05, 4.69) is 19.2 Å². The number of benzene rings is 1. The Morgan fingerprint density at radius 3 is 2.75 bits per heavy atom. The Bertz CT molecular complexity index is 375. The van der Waals surface area contributed by atoms with Crippen molar-refractivity contribution in [2.75, 3.05) is 17.6 Å². The zero-order chi connectivity index (χ0) is 12.1. The fourth-order valence-electron chi connectivity index (χ4n) is 1.34. The van der Waals surface area contributed by atoms with Crippen LogP contribution in [0.4, 0.5) is 11.4 Å². The number of hydrogen-bond donors (Lipinski definition) is 3. The topological polar surface area (TPSA) is 75.3 Å². The van der Waals surface area contributed by atoms with Crippen LogP contribution in [0.15, 0.2) is 18.2 Å². The molecule has 0 heterocycles. The average molecular weight is 222 g/mol. The highest BCUT2D eigenvalue weighted by Gasteiger charge is 2.06. The second-order valence-electron chi connectivity index (χ2n) is 4.22. The lowest BCUT2D eigenvalue weighted by Crippen LogP contribution is -2.08. The maximum Gasteiger partial charge on any atom is 0.335 e. The molecule has 0 bridgehead atoms. The molecule has 0 atom stereocenters. The van der Waals surface area contributed by atoms with E-state index in [4.69, 9.17) is 10.8 Å². The molecule has 0 saturated heterocycles. The molecule has 4 nitrogen and oxygen atoms in total. The van der Waals surface area contributed by atoms with Crippen LogP contribution in [0.25, 0.3) is 0 Å². The second-order valence-corrected chi connectivity index (χ2v) is 4.22. The summed E-state index contributed by atoms with van der Waals surface area (Å²) in [7, 11) is 0. The van der Waals surface area contributed by atoms with Gasteiger partial charge in [-0.05, 0) is 30.5 Å². The van der Waals surface area contributed by atoms with Crippen LogP contribution in [-0.2, 0) is 0 Å². The van der Waals surface area contributed by atoms with Crippen molar-refractivity contribution >= 4 is 17.3 Å². The van der Waals surface area contributed by atoms with Gasteiger partial charge in [-0.3, -0.25) is 0 Å². The van der Waals surface area contributed by atoms with Gasteiger partial charge in [0, 0.05) is 6.54 Å². The van der Waals surface area contributed by atoms with Crippen molar-refractivity contribution in [1.29, 1.82) is 0 Å². The third kappa shape index (κ3) is 3.46. The van der Waals surface area contributed by atoms with E-state index in [1.807, 2.05) is 0 Å². The molecule has 0 unspecified atom stereocenters. The number of carboxylic acids is 1. The highest BCUT2D eigenvalue weighted by atomic mass is 16.4. The van der Waals surface area contributed by atoms with E-state index >= 15 is 0 Å². The Kier molecular flexibility index (Phi) is 4.17. The Hall–Kier alpha value is -1.71. The van der Waals surface area contributed by atoms with E-state index in [0.717, 1.165) is 13.0 Å². The molecule has 0 aliphatic heterocycles. The van der Waals surface area contributed by atoms with Crippen molar-refractivity contribution in [2.45, 2.75) is 20.3 Å². The molecule has 1 aromatic carbocycles. The van der Waals surface area contributed by atoms with Gasteiger partial charge in [-0.1, -0.05) is 13.8 Å². The average Bonchev–Trinajstić information content (AvgIpc) is 2.20. The molecule has 16 heavy (non-hydrogen) atoms. The molecule has 0 fully saturated rings. The van der Waals surface area contributed by atoms with Gasteiger partial charge in [-0.2, -0.15) is 0 Å². The molecule has 0 amide bonds. The highest BCUT2D eigenvalue weighted by molar-refractivity contribution is 5.90. The summed E-state index contributed by atoms with van der Waals surface area (Å²) >= 11 is 0. The number of rotatable bonds is 5. The molecule has 4 heteroatoms. The monoisotopic (exact) mass is 222 g/mol. The zero-order valence-electron chi connectivity index (χ0n) is 9.66. The van der Waals surface area contributed by atoms with E-state index in [9.17, 15) is 4.79 Å². The van der Waals surface area contributed by atoms with E-state index in [1.165, 1.54) is 6.07 Å². The Morgan fingerprint density at radius 1 is 1.50 bits per heavy atom. The number of nitrogens with one attached hydrogen (secondary N) is 1. The summed E-state index contributed by atoms with van der Waals surface area (Å²) in [5, 5.41) is 12.0. The van der Waals surface area contributed by atoms with Crippen molar-refractivity contribution in [2.24, 2.45) is 5.92 Å². The van der Waals surface area contributed by atoms with Gasteiger partial charge < -0.3 is 16.2 Å². The predicted octanol–water partition coefficient (Wildman–Crippen LogP) is 2.42. The Balaban J connectivity index is 2.70. The molecule has 88 valence electrons. The van der Waals surface area contributed by atoms with Gasteiger partial charge in [0.25, 0.3) is 0 Å². The minimum absolute atomic E-state index is 0.251. The quantitative estimate of drug-likeness (QED) is 0.669. The van der Waals surface area contributed by atoms with Crippen LogP contribution in [0.3, 0.4) is 0 Å². The molecule has 0 aromatic heterocycles. The summed E-state index contributed by atoms with van der Waals surface area (Å²) in [6.45, 7) is 5.07. The van der Waals surface area contributed by atoms with Crippen LogP contribution >= 0.6 is 0 Å². The van der Waals surface area contributed by atoms with Crippen LogP contribution in [0, 0.1) is 5.92 Å². The van der Waals surface area contributed by atoms with Crippen LogP contribution < -0.4 is 11.1 Å². The molecule has 0 spiro atoms. The first-order valence-electron chi connectivity index (χ1n) is 5.37. The summed E-state index contributed by atoms with van der Waals surface area (Å²) in [6, 6.07) is 4.68. The fourth-order valence-corrected chi connectivity index (χ4v) is 1.34. The van der Waals surface area contributed by atoms with E-state index < -0.39 is 5.97 Å². The van der Waals surface area contributed by atoms with Crippen molar-refractivity contribution in [3.8, 4) is 0 Å². The minimum Gasteiger partial charge on any atom is -0.478 e. The lowest BCUT2D eigenvalue weighted by atomic mass is 10.1. The standard InChI is InChI=1S/C12H18N2O2/c1-8(2)5-6-14-11-7-9(12(15)16)3-4-10(11)13/h3-4,7-8,14H,5-6,13H2,1-2H3,(H,15,16). The van der Waals surface area contributed by atoms with Gasteiger partial charge in [0.05, 0.1) is 16.9 Å². The zero-order valence-corrected chi connectivity index (χ0v) is 9.66. The predicted molar refractivity (Wildman–Crippen MR) is 65.8 cm³/mol. The van der Waals surface area contributed by atoms with Crippen molar-refractivity contribution < 1.29 is 9.90 Å². The van der Waals surface area contributed by atoms with E-state index in [0.29, 0.717) is 17.3 Å². The summed E-state index contributed by atoms with van der Waals surface area (Å²) in [5.74, 6) is -0.330. The van der Waals surface area contributed by atoms with Gasteiger partial charge in [-0.25, -0.2) is 4.79 Å². The van der Waals surface area contributed by atoms with Crippen LogP contribution in [-0.4, -0.2) is 17.6 Å². The molecule has 0 aliphatic carbocycles.